The smallest absolute Gasteiger partial charge is 0.0407 e. The Kier molecular flexibility index (Phi) is 4.55. The van der Waals surface area contributed by atoms with Crippen molar-refractivity contribution in [1.29, 1.82) is 0 Å². The van der Waals surface area contributed by atoms with Crippen LogP contribution in [0.5, 0.6) is 0 Å². The maximum atomic E-state index is 8.36. The molecule has 0 fully saturated rings. The van der Waals surface area contributed by atoms with E-state index < -0.39 is 0 Å². The summed E-state index contributed by atoms with van der Waals surface area (Å²) in [6.45, 7) is 3.94. The van der Waals surface area contributed by atoms with Crippen molar-refractivity contribution in [2.24, 2.45) is 5.11 Å². The van der Waals surface area contributed by atoms with E-state index in [9.17, 15) is 0 Å². The molecule has 0 radical (unpaired) electrons. The van der Waals surface area contributed by atoms with Gasteiger partial charge >= 0.3 is 0 Å². The van der Waals surface area contributed by atoms with E-state index >= 15 is 0 Å². The van der Waals surface area contributed by atoms with Crippen LogP contribution in [0.4, 0.5) is 5.69 Å². The van der Waals surface area contributed by atoms with Gasteiger partial charge in [-0.25, -0.2) is 0 Å². The first kappa shape index (κ1) is 10.6. The summed E-state index contributed by atoms with van der Waals surface area (Å²) in [7, 11) is 0. The topological polar surface area (TPSA) is 60.8 Å². The van der Waals surface area contributed by atoms with Crippen LogP contribution in [-0.2, 0) is 6.42 Å². The van der Waals surface area contributed by atoms with Crippen LogP contribution in [0.25, 0.3) is 10.4 Å². The molecule has 0 aliphatic rings. The number of hydrogen-bond donors (Lipinski definition) is 1. The van der Waals surface area contributed by atoms with Crippen LogP contribution in [0.15, 0.2) is 29.4 Å². The standard InChI is InChI=1S/C10H14N4/c1-2-12-8-7-9-5-3-4-6-10(9)13-14-11/h3-6,12H,2,7-8H2,1H3. The predicted molar refractivity (Wildman–Crippen MR) is 57.5 cm³/mol. The number of nitrogens with zero attached hydrogens (tertiary/aromatic N) is 3. The van der Waals surface area contributed by atoms with E-state index in [0.29, 0.717) is 0 Å². The fraction of sp³-hybridized carbons (Fsp3) is 0.400. The highest BCUT2D eigenvalue weighted by Gasteiger charge is 1.97. The van der Waals surface area contributed by atoms with Crippen molar-refractivity contribution in [3.63, 3.8) is 0 Å². The lowest BCUT2D eigenvalue weighted by atomic mass is 10.1. The Hall–Kier alpha value is -1.51. The van der Waals surface area contributed by atoms with Crippen molar-refractivity contribution in [1.82, 2.24) is 5.32 Å². The van der Waals surface area contributed by atoms with Crippen LogP contribution in [-0.4, -0.2) is 13.1 Å². The third kappa shape index (κ3) is 3.09. The lowest BCUT2D eigenvalue weighted by Crippen LogP contribution is -2.15. The Bertz CT molecular complexity index is 329. The summed E-state index contributed by atoms with van der Waals surface area (Å²) in [5, 5.41) is 6.87. The Morgan fingerprint density at radius 1 is 1.43 bits per heavy atom. The molecule has 14 heavy (non-hydrogen) atoms. The minimum Gasteiger partial charge on any atom is -0.317 e. The van der Waals surface area contributed by atoms with Gasteiger partial charge < -0.3 is 5.32 Å². The second-order valence-corrected chi connectivity index (χ2v) is 2.92. The van der Waals surface area contributed by atoms with Gasteiger partial charge in [0.1, 0.15) is 0 Å². The number of benzene rings is 1. The fourth-order valence-electron chi connectivity index (χ4n) is 1.27. The molecule has 0 aromatic heterocycles. The van der Waals surface area contributed by atoms with Gasteiger partial charge in [-0.05, 0) is 30.6 Å². The van der Waals surface area contributed by atoms with Crippen molar-refractivity contribution < 1.29 is 0 Å². The first-order valence-electron chi connectivity index (χ1n) is 4.72. The van der Waals surface area contributed by atoms with E-state index in [1.54, 1.807) is 0 Å². The SMILES string of the molecule is CCNCCc1ccccc1N=[N+]=[N-]. The summed E-state index contributed by atoms with van der Waals surface area (Å²) in [6.07, 6.45) is 0.892. The van der Waals surface area contributed by atoms with E-state index in [-0.39, 0.29) is 0 Å². The molecule has 0 bridgehead atoms. The number of rotatable bonds is 5. The van der Waals surface area contributed by atoms with Gasteiger partial charge in [-0.15, -0.1) is 0 Å². The first-order chi connectivity index (χ1) is 6.88. The van der Waals surface area contributed by atoms with Crippen molar-refractivity contribution in [2.75, 3.05) is 13.1 Å². The van der Waals surface area contributed by atoms with Crippen molar-refractivity contribution in [3.05, 3.63) is 40.3 Å². The highest BCUT2D eigenvalue weighted by molar-refractivity contribution is 5.45. The van der Waals surface area contributed by atoms with Crippen LogP contribution in [0.2, 0.25) is 0 Å². The van der Waals surface area contributed by atoms with E-state index in [1.807, 2.05) is 24.3 Å². The molecule has 0 spiro atoms. The third-order valence-corrected chi connectivity index (χ3v) is 1.97. The van der Waals surface area contributed by atoms with Crippen LogP contribution in [0, 0.1) is 0 Å². The molecule has 0 heterocycles. The van der Waals surface area contributed by atoms with Gasteiger partial charge in [-0.2, -0.15) is 0 Å². The number of nitrogens with one attached hydrogen (secondary N) is 1. The summed E-state index contributed by atoms with van der Waals surface area (Å²) >= 11 is 0. The Morgan fingerprint density at radius 3 is 2.93 bits per heavy atom. The van der Waals surface area contributed by atoms with Crippen molar-refractivity contribution in [2.45, 2.75) is 13.3 Å². The van der Waals surface area contributed by atoms with E-state index in [0.717, 1.165) is 30.8 Å². The zero-order chi connectivity index (χ0) is 10.2. The molecule has 0 saturated carbocycles. The summed E-state index contributed by atoms with van der Waals surface area (Å²) < 4.78 is 0. The zero-order valence-corrected chi connectivity index (χ0v) is 8.27. The van der Waals surface area contributed by atoms with Crippen LogP contribution >= 0.6 is 0 Å². The van der Waals surface area contributed by atoms with Gasteiger partial charge in [0, 0.05) is 10.6 Å². The minimum absolute atomic E-state index is 0.730. The third-order valence-electron chi connectivity index (χ3n) is 1.97. The van der Waals surface area contributed by atoms with Gasteiger partial charge in [0.05, 0.1) is 0 Å². The molecular formula is C10H14N4. The predicted octanol–water partition coefficient (Wildman–Crippen LogP) is 2.78. The highest BCUT2D eigenvalue weighted by atomic mass is 15.1. The Balaban J connectivity index is 2.69. The average Bonchev–Trinajstić information content (AvgIpc) is 2.21. The summed E-state index contributed by atoms with van der Waals surface area (Å²) in [5.74, 6) is 0. The summed E-state index contributed by atoms with van der Waals surface area (Å²) in [4.78, 5) is 2.80. The van der Waals surface area contributed by atoms with Gasteiger partial charge in [0.25, 0.3) is 0 Å². The molecule has 0 saturated heterocycles. The number of likely N-dealkylation sites (N-methyl/N-ethyl adjacent to an activating group) is 1. The van der Waals surface area contributed by atoms with Gasteiger partial charge in [-0.3, -0.25) is 0 Å². The summed E-state index contributed by atoms with van der Waals surface area (Å²) in [6, 6.07) is 7.65. The molecule has 4 nitrogen and oxygen atoms in total. The quantitative estimate of drug-likeness (QED) is 0.330. The zero-order valence-electron chi connectivity index (χ0n) is 8.27. The molecule has 0 atom stereocenters. The largest absolute Gasteiger partial charge is 0.317 e. The molecule has 0 amide bonds. The Labute approximate surface area is 83.6 Å². The van der Waals surface area contributed by atoms with Crippen molar-refractivity contribution >= 4 is 5.69 Å². The van der Waals surface area contributed by atoms with Gasteiger partial charge in [-0.1, -0.05) is 36.3 Å². The molecule has 1 N–H and O–H groups in total. The molecular weight excluding hydrogens is 176 g/mol. The normalized spacial score (nSPS) is 9.50. The maximum absolute atomic E-state index is 8.36. The average molecular weight is 190 g/mol. The Morgan fingerprint density at radius 2 is 2.21 bits per heavy atom. The van der Waals surface area contributed by atoms with Gasteiger partial charge in [0.15, 0.2) is 0 Å². The molecule has 74 valence electrons. The number of azide groups is 1. The van der Waals surface area contributed by atoms with E-state index in [4.69, 9.17) is 5.53 Å². The monoisotopic (exact) mass is 190 g/mol. The lowest BCUT2D eigenvalue weighted by Gasteiger charge is -2.04. The molecule has 1 rings (SSSR count). The molecule has 0 aliphatic heterocycles. The first-order valence-corrected chi connectivity index (χ1v) is 4.72. The molecule has 1 aromatic rings. The van der Waals surface area contributed by atoms with Crippen LogP contribution in [0.1, 0.15) is 12.5 Å². The lowest BCUT2D eigenvalue weighted by molar-refractivity contribution is 0.717. The number of hydrogen-bond acceptors (Lipinski definition) is 2. The van der Waals surface area contributed by atoms with Crippen molar-refractivity contribution in [3.8, 4) is 0 Å². The molecule has 4 heteroatoms. The fourth-order valence-corrected chi connectivity index (χ4v) is 1.27. The van der Waals surface area contributed by atoms with E-state index in [1.165, 1.54) is 0 Å². The molecule has 0 unspecified atom stereocenters. The molecule has 0 aliphatic carbocycles. The summed E-state index contributed by atoms with van der Waals surface area (Å²) in [5.41, 5.74) is 10.2. The molecule has 1 aromatic carbocycles. The second kappa shape index (κ2) is 6.02. The minimum atomic E-state index is 0.730. The van der Waals surface area contributed by atoms with E-state index in [2.05, 4.69) is 22.3 Å². The van der Waals surface area contributed by atoms with Crippen LogP contribution < -0.4 is 5.32 Å². The maximum Gasteiger partial charge on any atom is 0.0407 e. The highest BCUT2D eigenvalue weighted by Crippen LogP contribution is 2.18. The van der Waals surface area contributed by atoms with Gasteiger partial charge in [0.2, 0.25) is 0 Å². The van der Waals surface area contributed by atoms with Crippen LogP contribution in [0.3, 0.4) is 0 Å². The second-order valence-electron chi connectivity index (χ2n) is 2.92.